The number of rotatable bonds is 23. The molecule has 5 rings (SSSR count). The first kappa shape index (κ1) is 41.1. The maximum absolute atomic E-state index is 13.3. The molecule has 0 spiro atoms. The van der Waals surface area contributed by atoms with E-state index >= 15 is 0 Å². The smallest absolute Gasteiger partial charge is 0.264 e. The van der Waals surface area contributed by atoms with Crippen molar-refractivity contribution in [2.45, 2.75) is 70.5 Å². The van der Waals surface area contributed by atoms with Gasteiger partial charge in [-0.3, -0.25) is 44.2 Å². The van der Waals surface area contributed by atoms with E-state index in [-0.39, 0.29) is 42.8 Å². The second-order valence-electron chi connectivity index (χ2n) is 12.9. The Bertz CT molecular complexity index is 1880. The number of benzene rings is 2. The highest BCUT2D eigenvalue weighted by Crippen LogP contribution is 2.32. The molecule has 0 saturated carbocycles. The van der Waals surface area contributed by atoms with Gasteiger partial charge in [-0.15, -0.1) is 5.10 Å². The minimum Gasteiger partial charge on any atom is -0.491 e. The van der Waals surface area contributed by atoms with Crippen LogP contribution in [0.3, 0.4) is 0 Å². The zero-order chi connectivity index (χ0) is 39.7. The average molecular weight is 776 g/mol. The van der Waals surface area contributed by atoms with Crippen LogP contribution in [0.4, 0.5) is 5.69 Å². The van der Waals surface area contributed by atoms with Gasteiger partial charge in [-0.1, -0.05) is 24.1 Å². The summed E-state index contributed by atoms with van der Waals surface area (Å²) in [5.74, 6) is -2.19. The summed E-state index contributed by atoms with van der Waals surface area (Å²) in [6, 6.07) is 11.0. The highest BCUT2D eigenvalue weighted by atomic mass is 16.5. The minimum absolute atomic E-state index is 0.0457. The Balaban J connectivity index is 0.899. The van der Waals surface area contributed by atoms with Crippen LogP contribution in [0.25, 0.3) is 0 Å². The number of piperidine rings is 1. The fraction of sp³-hybridized carbons (Fsp3) is 0.432. The lowest BCUT2D eigenvalue weighted by atomic mass is 10.0. The van der Waals surface area contributed by atoms with E-state index in [2.05, 4.69) is 31.5 Å². The number of anilines is 1. The predicted molar refractivity (Wildman–Crippen MR) is 197 cm³/mol. The molecule has 2 aliphatic heterocycles. The van der Waals surface area contributed by atoms with Crippen molar-refractivity contribution in [2.24, 2.45) is 5.10 Å². The van der Waals surface area contributed by atoms with Crippen LogP contribution >= 0.6 is 0 Å². The number of ether oxygens (including phenoxy) is 3. The molecule has 6 amide bonds. The number of carbonyl (C=O) groups excluding carboxylic acids is 6. The van der Waals surface area contributed by atoms with Crippen molar-refractivity contribution in [1.82, 2.24) is 36.1 Å². The molecule has 1 aromatic heterocycles. The second-order valence-corrected chi connectivity index (χ2v) is 12.9. The van der Waals surface area contributed by atoms with Gasteiger partial charge in [-0.25, -0.2) is 15.6 Å². The Labute approximate surface area is 322 Å². The molecule has 1 fully saturated rings. The van der Waals surface area contributed by atoms with E-state index in [9.17, 15) is 28.8 Å². The second kappa shape index (κ2) is 21.1. The van der Waals surface area contributed by atoms with E-state index in [0.29, 0.717) is 76.0 Å². The van der Waals surface area contributed by atoms with Gasteiger partial charge in [0, 0.05) is 24.9 Å². The van der Waals surface area contributed by atoms with E-state index in [4.69, 9.17) is 19.4 Å². The number of amides is 6. The largest absolute Gasteiger partial charge is 0.491 e. The van der Waals surface area contributed by atoms with Crippen LogP contribution < -0.4 is 26.3 Å². The predicted octanol–water partition coefficient (Wildman–Crippen LogP) is 1.70. The number of nitrogens with one attached hydrogen (secondary N) is 4. The third kappa shape index (κ3) is 12.0. The normalized spacial score (nSPS) is 15.2. The van der Waals surface area contributed by atoms with Gasteiger partial charge in [-0.05, 0) is 61.2 Å². The SMILES string of the molecule is O=C(CCCCCCC(=O)N/N=C/c1ccc(OCCOCCOCCn2cc(CNc3cccc4c3C(=O)N(C3CCC(=O)NC3=O)C4=O)nn2)cc1)NO. The number of fused-ring (bicyclic) bond motifs is 1. The van der Waals surface area contributed by atoms with Crippen LogP contribution in [0, 0.1) is 0 Å². The van der Waals surface area contributed by atoms with Crippen molar-refractivity contribution in [1.29, 1.82) is 0 Å². The number of unbranched alkanes of at least 4 members (excludes halogenated alkanes) is 3. The van der Waals surface area contributed by atoms with Crippen molar-refractivity contribution < 1.29 is 48.2 Å². The molecule has 1 unspecified atom stereocenters. The van der Waals surface area contributed by atoms with Gasteiger partial charge in [-0.2, -0.15) is 5.10 Å². The van der Waals surface area contributed by atoms with Gasteiger partial charge in [0.05, 0.1) is 63.1 Å². The molecule has 0 radical (unpaired) electrons. The van der Waals surface area contributed by atoms with Gasteiger partial charge in [0.2, 0.25) is 23.6 Å². The molecule has 1 atom stereocenters. The van der Waals surface area contributed by atoms with Gasteiger partial charge in [0.15, 0.2) is 0 Å². The molecule has 19 nitrogen and oxygen atoms in total. The van der Waals surface area contributed by atoms with Crippen LogP contribution in [0.2, 0.25) is 0 Å². The molecule has 2 aliphatic rings. The van der Waals surface area contributed by atoms with Crippen LogP contribution in [0.15, 0.2) is 53.8 Å². The summed E-state index contributed by atoms with van der Waals surface area (Å²) >= 11 is 0. The lowest BCUT2D eigenvalue weighted by Gasteiger charge is -2.27. The van der Waals surface area contributed by atoms with E-state index < -0.39 is 35.6 Å². The maximum atomic E-state index is 13.3. The summed E-state index contributed by atoms with van der Waals surface area (Å²) in [5, 5.41) is 26.1. The van der Waals surface area contributed by atoms with E-state index in [1.54, 1.807) is 46.8 Å². The summed E-state index contributed by atoms with van der Waals surface area (Å²) in [4.78, 5) is 74.1. The highest BCUT2D eigenvalue weighted by Gasteiger charge is 2.45. The summed E-state index contributed by atoms with van der Waals surface area (Å²) in [5.41, 5.74) is 6.27. The molecule has 2 aromatic carbocycles. The average Bonchev–Trinajstić information content (AvgIpc) is 3.76. The van der Waals surface area contributed by atoms with Crippen LogP contribution in [-0.4, -0.2) is 106 Å². The van der Waals surface area contributed by atoms with Crippen molar-refractivity contribution in [3.63, 3.8) is 0 Å². The Morgan fingerprint density at radius 1 is 0.911 bits per heavy atom. The molecule has 5 N–H and O–H groups in total. The number of imide groups is 2. The monoisotopic (exact) mass is 775 g/mol. The van der Waals surface area contributed by atoms with Crippen LogP contribution in [0.1, 0.15) is 83.3 Å². The lowest BCUT2D eigenvalue weighted by Crippen LogP contribution is -2.54. The molecule has 56 heavy (non-hydrogen) atoms. The highest BCUT2D eigenvalue weighted by molar-refractivity contribution is 6.25. The van der Waals surface area contributed by atoms with Crippen molar-refractivity contribution in [2.75, 3.05) is 38.4 Å². The number of hydrogen-bond acceptors (Lipinski definition) is 14. The summed E-state index contributed by atoms with van der Waals surface area (Å²) in [6.07, 6.45) is 6.96. The fourth-order valence-electron chi connectivity index (χ4n) is 5.94. The van der Waals surface area contributed by atoms with Crippen LogP contribution in [0.5, 0.6) is 5.75 Å². The quantitative estimate of drug-likeness (QED) is 0.0303. The number of hydroxylamine groups is 1. The van der Waals surface area contributed by atoms with Gasteiger partial charge in [0.25, 0.3) is 11.8 Å². The first-order chi connectivity index (χ1) is 27.2. The lowest BCUT2D eigenvalue weighted by molar-refractivity contribution is -0.136. The third-order valence-corrected chi connectivity index (χ3v) is 8.81. The molecule has 0 bridgehead atoms. The number of hydrazone groups is 1. The Morgan fingerprint density at radius 2 is 1.64 bits per heavy atom. The van der Waals surface area contributed by atoms with E-state index in [1.165, 1.54) is 6.07 Å². The molecule has 1 saturated heterocycles. The van der Waals surface area contributed by atoms with Crippen molar-refractivity contribution in [3.05, 3.63) is 71.0 Å². The number of carbonyl (C=O) groups is 6. The fourth-order valence-corrected chi connectivity index (χ4v) is 5.94. The Morgan fingerprint density at radius 3 is 2.39 bits per heavy atom. The van der Waals surface area contributed by atoms with Gasteiger partial charge >= 0.3 is 0 Å². The molecular weight excluding hydrogens is 730 g/mol. The summed E-state index contributed by atoms with van der Waals surface area (Å²) in [7, 11) is 0. The van der Waals surface area contributed by atoms with E-state index in [1.807, 2.05) is 12.1 Å². The van der Waals surface area contributed by atoms with Gasteiger partial charge < -0.3 is 19.5 Å². The first-order valence-corrected chi connectivity index (χ1v) is 18.3. The van der Waals surface area contributed by atoms with Crippen molar-refractivity contribution >= 4 is 47.3 Å². The Kier molecular flexibility index (Phi) is 15.5. The first-order valence-electron chi connectivity index (χ1n) is 18.3. The topological polar surface area (TPSA) is 245 Å². The molecule has 0 aliphatic carbocycles. The maximum Gasteiger partial charge on any atom is 0.264 e. The summed E-state index contributed by atoms with van der Waals surface area (Å²) in [6.45, 7) is 2.53. The molecule has 3 aromatic rings. The minimum atomic E-state index is -1.04. The van der Waals surface area contributed by atoms with Crippen LogP contribution in [-0.2, 0) is 41.7 Å². The Hall–Kier alpha value is -6.05. The molecule has 3 heterocycles. The number of aromatic nitrogens is 3. The summed E-state index contributed by atoms with van der Waals surface area (Å²) < 4.78 is 18.6. The molecule has 19 heteroatoms. The zero-order valence-electron chi connectivity index (χ0n) is 30.7. The zero-order valence-corrected chi connectivity index (χ0v) is 30.7. The molecular formula is C37H45N9O10. The standard InChI is InChI=1S/C37H45N9O10/c47-31-15-14-30(35(50)40-31)46-36(51)28-6-5-7-29(34(28)37(46)52)38-23-26-24-45(44-41-26)16-17-54-18-19-55-20-21-56-27-12-10-25(11-13-27)22-39-42-32(48)8-3-1-2-4-9-33(49)43-53/h5-7,10-13,22,24,30,38,53H,1-4,8-9,14-21,23H2,(H,42,48)(H,43,49)(H,40,47,50)/b39-22+. The van der Waals surface area contributed by atoms with Crippen molar-refractivity contribution in [3.8, 4) is 5.75 Å². The third-order valence-electron chi connectivity index (χ3n) is 8.81. The molecule has 298 valence electrons. The number of nitrogens with zero attached hydrogens (tertiary/aromatic N) is 5. The number of hydrogen-bond donors (Lipinski definition) is 5. The van der Waals surface area contributed by atoms with E-state index in [0.717, 1.165) is 23.3 Å². The van der Waals surface area contributed by atoms with Gasteiger partial charge in [0.1, 0.15) is 24.1 Å².